The van der Waals surface area contributed by atoms with Crippen molar-refractivity contribution in [3.63, 3.8) is 0 Å². The number of carbonyl (C=O) groups excluding carboxylic acids is 1. The Morgan fingerprint density at radius 2 is 2.21 bits per heavy atom. The van der Waals surface area contributed by atoms with Gasteiger partial charge in [0.05, 0.1) is 0 Å². The van der Waals surface area contributed by atoms with Crippen LogP contribution in [0.2, 0.25) is 0 Å². The molecule has 0 heterocycles. The Morgan fingerprint density at radius 3 is 2.79 bits per heavy atom. The summed E-state index contributed by atoms with van der Waals surface area (Å²) in [5.74, 6) is 0.370. The minimum absolute atomic E-state index is 0.00609. The quantitative estimate of drug-likeness (QED) is 0.678. The van der Waals surface area contributed by atoms with Crippen LogP contribution in [0.15, 0.2) is 18.2 Å². The van der Waals surface area contributed by atoms with E-state index in [1.165, 1.54) is 12.1 Å². The van der Waals surface area contributed by atoms with Gasteiger partial charge in [0.1, 0.15) is 5.75 Å². The van der Waals surface area contributed by atoms with Crippen molar-refractivity contribution in [2.75, 3.05) is 5.33 Å². The molecule has 0 fully saturated rings. The fourth-order valence-corrected chi connectivity index (χ4v) is 1.75. The van der Waals surface area contributed by atoms with E-state index >= 15 is 0 Å². The van der Waals surface area contributed by atoms with E-state index < -0.39 is 0 Å². The van der Waals surface area contributed by atoms with Gasteiger partial charge in [-0.05, 0) is 17.7 Å². The molecule has 76 valence electrons. The number of hydrogen-bond acceptors (Lipinski definition) is 2. The normalized spacial score (nSPS) is 10.1. The maximum atomic E-state index is 11.6. The van der Waals surface area contributed by atoms with E-state index in [0.29, 0.717) is 17.3 Å². The van der Waals surface area contributed by atoms with Gasteiger partial charge in [0, 0.05) is 23.2 Å². The van der Waals surface area contributed by atoms with Crippen molar-refractivity contribution in [2.24, 2.45) is 0 Å². The third-order valence-electron chi connectivity index (χ3n) is 1.86. The van der Waals surface area contributed by atoms with Gasteiger partial charge >= 0.3 is 0 Å². The van der Waals surface area contributed by atoms with Gasteiger partial charge in [0.15, 0.2) is 5.78 Å². The lowest BCUT2D eigenvalue weighted by atomic mass is 10.0. The average Bonchev–Trinajstić information content (AvgIpc) is 2.18. The summed E-state index contributed by atoms with van der Waals surface area (Å²) >= 11 is 8.88. The van der Waals surface area contributed by atoms with Crippen molar-refractivity contribution >= 4 is 33.3 Å². The van der Waals surface area contributed by atoms with Gasteiger partial charge in [-0.25, -0.2) is 0 Å². The van der Waals surface area contributed by atoms with Crippen LogP contribution in [0.5, 0.6) is 5.75 Å². The number of halogens is 2. The highest BCUT2D eigenvalue weighted by Gasteiger charge is 2.10. The average molecular weight is 278 g/mol. The van der Waals surface area contributed by atoms with Crippen molar-refractivity contribution in [2.45, 2.75) is 12.3 Å². The number of phenols is 1. The van der Waals surface area contributed by atoms with Gasteiger partial charge in [0.25, 0.3) is 0 Å². The fourth-order valence-electron chi connectivity index (χ4n) is 1.16. The first-order valence-electron chi connectivity index (χ1n) is 4.16. The van der Waals surface area contributed by atoms with Gasteiger partial charge in [-0.2, -0.15) is 0 Å². The van der Waals surface area contributed by atoms with Crippen LogP contribution in [0, 0.1) is 0 Å². The van der Waals surface area contributed by atoms with E-state index in [2.05, 4.69) is 15.9 Å². The lowest BCUT2D eigenvalue weighted by molar-refractivity contribution is 0.0989. The Balaban J connectivity index is 3.03. The monoisotopic (exact) mass is 276 g/mol. The number of phenolic OH excluding ortho intramolecular Hbond substituents is 1. The first-order chi connectivity index (χ1) is 6.69. The molecule has 1 aromatic rings. The highest BCUT2D eigenvalue weighted by atomic mass is 79.9. The Bertz CT molecular complexity index is 339. The van der Waals surface area contributed by atoms with E-state index in [-0.39, 0.29) is 17.4 Å². The SMILES string of the molecule is O=C(CCBr)c1cc(O)ccc1CCl. The van der Waals surface area contributed by atoms with E-state index in [4.69, 9.17) is 11.6 Å². The zero-order chi connectivity index (χ0) is 10.6. The Hall–Kier alpha value is -0.540. The zero-order valence-corrected chi connectivity index (χ0v) is 9.81. The highest BCUT2D eigenvalue weighted by Crippen LogP contribution is 2.20. The topological polar surface area (TPSA) is 37.3 Å². The lowest BCUT2D eigenvalue weighted by Crippen LogP contribution is -2.03. The van der Waals surface area contributed by atoms with Crippen LogP contribution >= 0.6 is 27.5 Å². The number of benzene rings is 1. The molecule has 0 aliphatic rings. The van der Waals surface area contributed by atoms with Gasteiger partial charge < -0.3 is 5.11 Å². The first kappa shape index (κ1) is 11.5. The maximum absolute atomic E-state index is 11.6. The second kappa shape index (κ2) is 5.37. The molecule has 1 rings (SSSR count). The molecule has 0 aliphatic carbocycles. The smallest absolute Gasteiger partial charge is 0.164 e. The molecular weight excluding hydrogens is 267 g/mol. The molecule has 0 aliphatic heterocycles. The molecule has 4 heteroatoms. The molecule has 1 aromatic carbocycles. The molecule has 0 atom stereocenters. The molecule has 0 unspecified atom stereocenters. The van der Waals surface area contributed by atoms with Gasteiger partial charge in [0.2, 0.25) is 0 Å². The van der Waals surface area contributed by atoms with E-state index in [1.807, 2.05) is 0 Å². The highest BCUT2D eigenvalue weighted by molar-refractivity contribution is 9.09. The Labute approximate surface area is 96.0 Å². The Morgan fingerprint density at radius 1 is 1.50 bits per heavy atom. The standard InChI is InChI=1S/C10H10BrClO2/c11-4-3-10(14)9-5-8(13)2-1-7(9)6-12/h1-2,5,13H,3-4,6H2. The summed E-state index contributed by atoms with van der Waals surface area (Å²) in [6.45, 7) is 0. The maximum Gasteiger partial charge on any atom is 0.164 e. The fraction of sp³-hybridized carbons (Fsp3) is 0.300. The van der Waals surface area contributed by atoms with E-state index in [0.717, 1.165) is 5.56 Å². The number of carbonyl (C=O) groups is 1. The summed E-state index contributed by atoms with van der Waals surface area (Å²) in [5, 5.41) is 9.86. The summed E-state index contributed by atoms with van der Waals surface area (Å²) in [7, 11) is 0. The first-order valence-corrected chi connectivity index (χ1v) is 5.81. The minimum atomic E-state index is -0.00609. The van der Waals surface area contributed by atoms with Crippen molar-refractivity contribution in [3.05, 3.63) is 29.3 Å². The largest absolute Gasteiger partial charge is 0.508 e. The number of aromatic hydroxyl groups is 1. The third kappa shape index (κ3) is 2.72. The summed E-state index contributed by atoms with van der Waals surface area (Å²) in [5.41, 5.74) is 1.27. The van der Waals surface area contributed by atoms with Crippen molar-refractivity contribution in [1.82, 2.24) is 0 Å². The minimum Gasteiger partial charge on any atom is -0.508 e. The molecule has 0 saturated carbocycles. The van der Waals surface area contributed by atoms with Crippen LogP contribution in [0.25, 0.3) is 0 Å². The van der Waals surface area contributed by atoms with Crippen molar-refractivity contribution in [3.8, 4) is 5.75 Å². The van der Waals surface area contributed by atoms with Gasteiger partial charge in [-0.3, -0.25) is 4.79 Å². The second-order valence-corrected chi connectivity index (χ2v) is 3.90. The molecule has 0 radical (unpaired) electrons. The second-order valence-electron chi connectivity index (χ2n) is 2.84. The predicted octanol–water partition coefficient (Wildman–Crippen LogP) is 3.10. The predicted molar refractivity (Wildman–Crippen MR) is 60.4 cm³/mol. The number of hydrogen-bond donors (Lipinski definition) is 1. The van der Waals surface area contributed by atoms with Crippen molar-refractivity contribution in [1.29, 1.82) is 0 Å². The van der Waals surface area contributed by atoms with E-state index in [9.17, 15) is 9.90 Å². The number of Topliss-reactive ketones (excluding diaryl/α,β-unsaturated/α-hetero) is 1. The summed E-state index contributed by atoms with van der Waals surface area (Å²) in [4.78, 5) is 11.6. The molecule has 1 N–H and O–H groups in total. The molecule has 0 bridgehead atoms. The summed E-state index contributed by atoms with van der Waals surface area (Å²) in [6.07, 6.45) is 0.410. The molecule has 0 spiro atoms. The third-order valence-corrected chi connectivity index (χ3v) is 2.54. The molecule has 14 heavy (non-hydrogen) atoms. The van der Waals surface area contributed by atoms with Crippen LogP contribution in [-0.4, -0.2) is 16.2 Å². The molecule has 0 saturated heterocycles. The molecule has 0 amide bonds. The van der Waals surface area contributed by atoms with Crippen LogP contribution in [0.1, 0.15) is 22.3 Å². The molecular formula is C10H10BrClO2. The van der Waals surface area contributed by atoms with Gasteiger partial charge in [-0.1, -0.05) is 22.0 Å². The van der Waals surface area contributed by atoms with Crippen LogP contribution in [0.4, 0.5) is 0 Å². The van der Waals surface area contributed by atoms with Crippen LogP contribution in [0.3, 0.4) is 0 Å². The number of ketones is 1. The molecule has 2 nitrogen and oxygen atoms in total. The van der Waals surface area contributed by atoms with E-state index in [1.54, 1.807) is 6.07 Å². The zero-order valence-electron chi connectivity index (χ0n) is 7.46. The van der Waals surface area contributed by atoms with Crippen molar-refractivity contribution < 1.29 is 9.90 Å². The summed E-state index contributed by atoms with van der Waals surface area (Å²) in [6, 6.07) is 4.66. The van der Waals surface area contributed by atoms with Gasteiger partial charge in [-0.15, -0.1) is 11.6 Å². The number of rotatable bonds is 4. The number of alkyl halides is 2. The summed E-state index contributed by atoms with van der Waals surface area (Å²) < 4.78 is 0. The molecule has 0 aromatic heterocycles. The lowest BCUT2D eigenvalue weighted by Gasteiger charge is -2.05. The Kier molecular flexibility index (Phi) is 4.42. The van der Waals surface area contributed by atoms with Crippen LogP contribution in [-0.2, 0) is 5.88 Å². The van der Waals surface area contributed by atoms with Crippen LogP contribution < -0.4 is 0 Å².